The highest BCUT2D eigenvalue weighted by Gasteiger charge is 2.68. The molecule has 0 radical (unpaired) electrons. The fraction of sp³-hybridized carbons (Fsp3) is 0.160. The lowest BCUT2D eigenvalue weighted by atomic mass is 9.54. The van der Waals surface area contributed by atoms with Crippen LogP contribution in [0.25, 0.3) is 0 Å². The molecular formula is C25H15ClN2O2. The van der Waals surface area contributed by atoms with Gasteiger partial charge in [0.25, 0.3) is 0 Å². The lowest BCUT2D eigenvalue weighted by Gasteiger charge is -2.50. The second-order valence-corrected chi connectivity index (χ2v) is 8.60. The van der Waals surface area contributed by atoms with E-state index in [1.807, 2.05) is 48.5 Å². The molecule has 0 N–H and O–H groups in total. The van der Waals surface area contributed by atoms with E-state index < -0.39 is 16.7 Å². The standard InChI is InChI=1S/C25H15ClN2O2/c26-25-17-10-4-2-8-15(17)20(16-9-3-5-11-18(16)25)21-22(25)24(30)28(23(21)29)19-12-6-1-7-14(19)13-27/h1-12,20-22H/t20?,21-,22+,25?/m0/s1. The summed E-state index contributed by atoms with van der Waals surface area (Å²) < 4.78 is 0. The average molecular weight is 411 g/mol. The summed E-state index contributed by atoms with van der Waals surface area (Å²) in [5, 5.41) is 9.54. The third-order valence-corrected chi connectivity index (χ3v) is 7.42. The number of benzene rings is 3. The predicted octanol–water partition coefficient (Wildman–Crippen LogP) is 4.31. The fourth-order valence-electron chi connectivity index (χ4n) is 5.68. The maximum Gasteiger partial charge on any atom is 0.240 e. The van der Waals surface area contributed by atoms with E-state index in [4.69, 9.17) is 11.6 Å². The summed E-state index contributed by atoms with van der Waals surface area (Å²) in [6.45, 7) is 0. The SMILES string of the molecule is N#Cc1ccccc1N1C(=O)[C@H]2C3c4ccccc4C(Cl)(c4ccccc43)[C@H]2C1=O. The van der Waals surface area contributed by atoms with E-state index in [0.717, 1.165) is 22.3 Å². The van der Waals surface area contributed by atoms with Crippen molar-refractivity contribution in [3.8, 4) is 6.07 Å². The van der Waals surface area contributed by atoms with E-state index in [1.165, 1.54) is 4.90 Å². The summed E-state index contributed by atoms with van der Waals surface area (Å²) >= 11 is 7.38. The van der Waals surface area contributed by atoms with E-state index in [9.17, 15) is 14.9 Å². The normalized spacial score (nSPS) is 28.0. The summed E-state index contributed by atoms with van der Waals surface area (Å²) in [6, 6.07) is 24.5. The van der Waals surface area contributed by atoms with Gasteiger partial charge in [0.1, 0.15) is 10.9 Å². The van der Waals surface area contributed by atoms with Crippen molar-refractivity contribution in [1.82, 2.24) is 0 Å². The number of amides is 2. The molecule has 4 nitrogen and oxygen atoms in total. The number of hydrogen-bond donors (Lipinski definition) is 0. The molecule has 0 aromatic heterocycles. The van der Waals surface area contributed by atoms with E-state index in [-0.39, 0.29) is 17.7 Å². The predicted molar refractivity (Wildman–Crippen MR) is 112 cm³/mol. The van der Waals surface area contributed by atoms with Crippen LogP contribution in [0.1, 0.15) is 33.7 Å². The molecule has 3 aromatic rings. The summed E-state index contributed by atoms with van der Waals surface area (Å²) in [4.78, 5) is 27.5. The quantitative estimate of drug-likeness (QED) is 0.443. The Balaban J connectivity index is 1.63. The van der Waals surface area contributed by atoms with Gasteiger partial charge in [0.05, 0.1) is 23.1 Å². The number of halogens is 1. The Morgan fingerprint density at radius 3 is 2.03 bits per heavy atom. The van der Waals surface area contributed by atoms with Crippen LogP contribution < -0.4 is 4.90 Å². The number of rotatable bonds is 1. The Hall–Kier alpha value is -3.42. The molecule has 1 fully saturated rings. The van der Waals surface area contributed by atoms with Gasteiger partial charge in [0.2, 0.25) is 11.8 Å². The van der Waals surface area contributed by atoms with Gasteiger partial charge in [-0.1, -0.05) is 60.7 Å². The van der Waals surface area contributed by atoms with Gasteiger partial charge in [-0.05, 0) is 34.4 Å². The minimum atomic E-state index is -1.12. The zero-order valence-corrected chi connectivity index (χ0v) is 16.5. The molecule has 1 heterocycles. The molecule has 2 amide bonds. The monoisotopic (exact) mass is 410 g/mol. The molecule has 5 heteroatoms. The van der Waals surface area contributed by atoms with Crippen LogP contribution in [0.15, 0.2) is 72.8 Å². The molecule has 144 valence electrons. The van der Waals surface area contributed by atoms with E-state index >= 15 is 0 Å². The number of hydrogen-bond acceptors (Lipinski definition) is 3. The van der Waals surface area contributed by atoms with Crippen molar-refractivity contribution in [2.24, 2.45) is 11.8 Å². The molecule has 7 rings (SSSR count). The molecule has 0 unspecified atom stereocenters. The van der Waals surface area contributed by atoms with E-state index in [0.29, 0.717) is 11.3 Å². The van der Waals surface area contributed by atoms with Gasteiger partial charge in [0, 0.05) is 5.92 Å². The van der Waals surface area contributed by atoms with Crippen LogP contribution in [0.5, 0.6) is 0 Å². The second kappa shape index (κ2) is 5.81. The first-order valence-electron chi connectivity index (χ1n) is 9.83. The van der Waals surface area contributed by atoms with Gasteiger partial charge in [-0.25, -0.2) is 4.90 Å². The highest BCUT2D eigenvalue weighted by Crippen LogP contribution is 2.65. The molecule has 30 heavy (non-hydrogen) atoms. The average Bonchev–Trinajstić information content (AvgIpc) is 3.05. The lowest BCUT2D eigenvalue weighted by molar-refractivity contribution is -0.122. The zero-order chi connectivity index (χ0) is 20.6. The van der Waals surface area contributed by atoms with Gasteiger partial charge in [-0.3, -0.25) is 9.59 Å². The first-order chi connectivity index (χ1) is 14.6. The fourth-order valence-corrected chi connectivity index (χ4v) is 6.25. The topological polar surface area (TPSA) is 61.2 Å². The van der Waals surface area contributed by atoms with Crippen LogP contribution in [0.3, 0.4) is 0 Å². The summed E-state index contributed by atoms with van der Waals surface area (Å²) in [5.74, 6) is -2.16. The maximum atomic E-state index is 13.7. The van der Waals surface area contributed by atoms with Crippen LogP contribution in [0.2, 0.25) is 0 Å². The largest absolute Gasteiger partial charge is 0.274 e. The van der Waals surface area contributed by atoms with Crippen molar-refractivity contribution in [3.05, 3.63) is 101 Å². The van der Waals surface area contributed by atoms with Gasteiger partial charge < -0.3 is 0 Å². The van der Waals surface area contributed by atoms with Gasteiger partial charge in [-0.15, -0.1) is 11.6 Å². The molecule has 2 atom stereocenters. The Kier molecular flexibility index (Phi) is 3.38. The van der Waals surface area contributed by atoms with E-state index in [2.05, 4.69) is 6.07 Å². The van der Waals surface area contributed by atoms with Crippen LogP contribution in [0.4, 0.5) is 5.69 Å². The summed E-state index contributed by atoms with van der Waals surface area (Å²) in [5.41, 5.74) is 4.43. The minimum Gasteiger partial charge on any atom is -0.274 e. The Morgan fingerprint density at radius 2 is 1.40 bits per heavy atom. The molecule has 3 aliphatic carbocycles. The molecule has 4 aliphatic rings. The molecule has 0 saturated carbocycles. The minimum absolute atomic E-state index is 0.237. The van der Waals surface area contributed by atoms with Crippen molar-refractivity contribution in [1.29, 1.82) is 5.26 Å². The number of anilines is 1. The number of nitriles is 1. The van der Waals surface area contributed by atoms with Crippen LogP contribution in [0, 0.1) is 23.2 Å². The van der Waals surface area contributed by atoms with E-state index in [1.54, 1.807) is 24.3 Å². The Bertz CT molecular complexity index is 1260. The van der Waals surface area contributed by atoms with Gasteiger partial charge >= 0.3 is 0 Å². The smallest absolute Gasteiger partial charge is 0.240 e. The number of carbonyl (C=O) groups is 2. The number of para-hydroxylation sites is 1. The molecule has 2 bridgehead atoms. The number of alkyl halides is 1. The molecule has 1 aliphatic heterocycles. The molecule has 1 saturated heterocycles. The molecular weight excluding hydrogens is 396 g/mol. The lowest BCUT2D eigenvalue weighted by Crippen LogP contribution is -2.50. The number of carbonyl (C=O) groups excluding carboxylic acids is 2. The molecule has 3 aromatic carbocycles. The second-order valence-electron chi connectivity index (χ2n) is 8.01. The highest BCUT2D eigenvalue weighted by atomic mass is 35.5. The maximum absolute atomic E-state index is 13.7. The Morgan fingerprint density at radius 1 is 0.833 bits per heavy atom. The first kappa shape index (κ1) is 17.4. The Labute approximate surface area is 178 Å². The van der Waals surface area contributed by atoms with Gasteiger partial charge in [0.15, 0.2) is 0 Å². The highest BCUT2D eigenvalue weighted by molar-refractivity contribution is 6.33. The van der Waals surface area contributed by atoms with Crippen molar-refractivity contribution >= 4 is 29.1 Å². The number of imide groups is 1. The third-order valence-electron chi connectivity index (χ3n) is 6.78. The van der Waals surface area contributed by atoms with Crippen LogP contribution >= 0.6 is 11.6 Å². The van der Waals surface area contributed by atoms with Crippen molar-refractivity contribution in [2.45, 2.75) is 10.8 Å². The van der Waals surface area contributed by atoms with Crippen LogP contribution in [-0.2, 0) is 14.5 Å². The summed E-state index contributed by atoms with van der Waals surface area (Å²) in [6.07, 6.45) is 0. The van der Waals surface area contributed by atoms with Crippen molar-refractivity contribution in [2.75, 3.05) is 4.90 Å². The zero-order valence-electron chi connectivity index (χ0n) is 15.7. The third kappa shape index (κ3) is 1.87. The summed E-state index contributed by atoms with van der Waals surface area (Å²) in [7, 11) is 0. The number of nitrogens with zero attached hydrogens (tertiary/aromatic N) is 2. The van der Waals surface area contributed by atoms with Crippen molar-refractivity contribution in [3.63, 3.8) is 0 Å². The van der Waals surface area contributed by atoms with Gasteiger partial charge in [-0.2, -0.15) is 5.26 Å². The van der Waals surface area contributed by atoms with Crippen LogP contribution in [-0.4, -0.2) is 11.8 Å². The molecule has 0 spiro atoms. The first-order valence-corrected chi connectivity index (χ1v) is 10.2. The van der Waals surface area contributed by atoms with Crippen molar-refractivity contribution < 1.29 is 9.59 Å².